The molecule has 3 rings (SSSR count). The van der Waals surface area contributed by atoms with Crippen LogP contribution in [-0.2, 0) is 14.3 Å². The van der Waals surface area contributed by atoms with Gasteiger partial charge in [-0.3, -0.25) is 14.5 Å². The molecule has 2 aromatic carbocycles. The van der Waals surface area contributed by atoms with Gasteiger partial charge in [0.1, 0.15) is 5.25 Å². The van der Waals surface area contributed by atoms with Gasteiger partial charge in [0.05, 0.1) is 17.9 Å². The standard InChI is InChI=1S/C23H22ClN3O4S/c1-3-13-27-21(29)19(32-23(27)26-18-11-7-16(24)8-12-18)14-20(28)25-17-9-5-15(6-10-17)22(30)31-4-2/h3,5-12,19H,1,4,13-14H2,2H3,(H,25,28). The van der Waals surface area contributed by atoms with Crippen LogP contribution in [0.4, 0.5) is 11.4 Å². The van der Waals surface area contributed by atoms with Gasteiger partial charge in [0, 0.05) is 23.7 Å². The fourth-order valence-electron chi connectivity index (χ4n) is 2.93. The highest BCUT2D eigenvalue weighted by atomic mass is 35.5. The summed E-state index contributed by atoms with van der Waals surface area (Å²) in [4.78, 5) is 43.2. The molecule has 7 nitrogen and oxygen atoms in total. The number of esters is 1. The third kappa shape index (κ3) is 5.99. The predicted octanol–water partition coefficient (Wildman–Crippen LogP) is 4.66. The topological polar surface area (TPSA) is 88.1 Å². The monoisotopic (exact) mass is 471 g/mol. The number of nitrogens with zero attached hydrogens (tertiary/aromatic N) is 2. The van der Waals surface area contributed by atoms with E-state index in [9.17, 15) is 14.4 Å². The molecule has 1 unspecified atom stereocenters. The Kier molecular flexibility index (Phi) is 8.08. The van der Waals surface area contributed by atoms with E-state index in [1.807, 2.05) is 0 Å². The summed E-state index contributed by atoms with van der Waals surface area (Å²) < 4.78 is 4.94. The molecule has 1 heterocycles. The third-order valence-corrected chi connectivity index (χ3v) is 5.86. The largest absolute Gasteiger partial charge is 0.462 e. The van der Waals surface area contributed by atoms with Crippen molar-refractivity contribution in [2.75, 3.05) is 18.5 Å². The maximum atomic E-state index is 12.8. The molecule has 1 N–H and O–H groups in total. The Balaban J connectivity index is 1.66. The summed E-state index contributed by atoms with van der Waals surface area (Å²) in [5.74, 6) is -0.936. The summed E-state index contributed by atoms with van der Waals surface area (Å²) >= 11 is 7.16. The molecule has 1 fully saturated rings. The quantitative estimate of drug-likeness (QED) is 0.446. The van der Waals surface area contributed by atoms with E-state index in [-0.39, 0.29) is 24.8 Å². The molecule has 0 aliphatic carbocycles. The molecule has 1 aliphatic heterocycles. The Hall–Kier alpha value is -3.10. The predicted molar refractivity (Wildman–Crippen MR) is 127 cm³/mol. The number of aliphatic imine (C=N–C) groups is 1. The van der Waals surface area contributed by atoms with Gasteiger partial charge in [0.15, 0.2) is 5.17 Å². The molecule has 1 saturated heterocycles. The van der Waals surface area contributed by atoms with Gasteiger partial charge in [-0.25, -0.2) is 9.79 Å². The van der Waals surface area contributed by atoms with Crippen molar-refractivity contribution >= 4 is 57.7 Å². The van der Waals surface area contributed by atoms with Crippen LogP contribution in [0, 0.1) is 0 Å². The van der Waals surface area contributed by atoms with Crippen LogP contribution in [0.1, 0.15) is 23.7 Å². The Labute approximate surface area is 195 Å². The van der Waals surface area contributed by atoms with E-state index in [4.69, 9.17) is 16.3 Å². The second-order valence-electron chi connectivity index (χ2n) is 6.76. The number of carbonyl (C=O) groups is 3. The number of hydrogen-bond donors (Lipinski definition) is 1. The smallest absolute Gasteiger partial charge is 0.338 e. The minimum absolute atomic E-state index is 0.0175. The first-order valence-electron chi connectivity index (χ1n) is 9.91. The molecular weight excluding hydrogens is 450 g/mol. The lowest BCUT2D eigenvalue weighted by atomic mass is 10.2. The summed E-state index contributed by atoms with van der Waals surface area (Å²) in [6, 6.07) is 13.3. The van der Waals surface area contributed by atoms with E-state index in [0.717, 1.165) is 0 Å². The Morgan fingerprint density at radius 3 is 2.53 bits per heavy atom. The minimum Gasteiger partial charge on any atom is -0.462 e. The van der Waals surface area contributed by atoms with Gasteiger partial charge in [0.25, 0.3) is 0 Å². The van der Waals surface area contributed by atoms with E-state index >= 15 is 0 Å². The third-order valence-electron chi connectivity index (χ3n) is 4.43. The first kappa shape index (κ1) is 23.6. The molecule has 166 valence electrons. The molecule has 2 amide bonds. The number of benzene rings is 2. The van der Waals surface area contributed by atoms with Gasteiger partial charge in [-0.1, -0.05) is 29.4 Å². The number of hydrogen-bond acceptors (Lipinski definition) is 6. The highest BCUT2D eigenvalue weighted by Crippen LogP contribution is 2.32. The molecule has 9 heteroatoms. The second kappa shape index (κ2) is 11.0. The summed E-state index contributed by atoms with van der Waals surface area (Å²) in [7, 11) is 0. The number of rotatable bonds is 8. The van der Waals surface area contributed by atoms with Gasteiger partial charge in [-0.15, -0.1) is 6.58 Å². The number of amidine groups is 1. The summed E-state index contributed by atoms with van der Waals surface area (Å²) in [5.41, 5.74) is 1.58. The van der Waals surface area contributed by atoms with Crippen LogP contribution >= 0.6 is 23.4 Å². The minimum atomic E-state index is -0.597. The summed E-state index contributed by atoms with van der Waals surface area (Å²) in [6.07, 6.45) is 1.60. The zero-order valence-electron chi connectivity index (χ0n) is 17.4. The molecule has 0 aromatic heterocycles. The van der Waals surface area contributed by atoms with Gasteiger partial charge in [-0.05, 0) is 55.5 Å². The molecule has 0 radical (unpaired) electrons. The maximum absolute atomic E-state index is 12.8. The van der Waals surface area contributed by atoms with Gasteiger partial charge in [0.2, 0.25) is 11.8 Å². The Morgan fingerprint density at radius 1 is 1.22 bits per heavy atom. The van der Waals surface area contributed by atoms with Crippen molar-refractivity contribution in [2.45, 2.75) is 18.6 Å². The van der Waals surface area contributed by atoms with Crippen molar-refractivity contribution in [2.24, 2.45) is 4.99 Å². The number of thioether (sulfide) groups is 1. The molecular formula is C23H22ClN3O4S. The summed E-state index contributed by atoms with van der Waals surface area (Å²) in [6.45, 7) is 6.02. The van der Waals surface area contributed by atoms with Crippen LogP contribution in [-0.4, -0.2) is 46.3 Å². The van der Waals surface area contributed by atoms with E-state index in [1.54, 1.807) is 61.5 Å². The first-order chi connectivity index (χ1) is 15.4. The van der Waals surface area contributed by atoms with Crippen molar-refractivity contribution in [3.8, 4) is 0 Å². The molecule has 0 spiro atoms. The second-order valence-corrected chi connectivity index (χ2v) is 8.37. The van der Waals surface area contributed by atoms with E-state index in [1.165, 1.54) is 16.7 Å². The number of anilines is 1. The average Bonchev–Trinajstić information content (AvgIpc) is 3.05. The number of ether oxygens (including phenoxy) is 1. The van der Waals surface area contributed by atoms with E-state index < -0.39 is 11.2 Å². The Morgan fingerprint density at radius 2 is 1.91 bits per heavy atom. The molecule has 2 aromatic rings. The fourth-order valence-corrected chi connectivity index (χ4v) is 4.23. The first-order valence-corrected chi connectivity index (χ1v) is 11.2. The molecule has 1 atom stereocenters. The zero-order valence-corrected chi connectivity index (χ0v) is 19.0. The van der Waals surface area contributed by atoms with Crippen LogP contribution in [0.15, 0.2) is 66.2 Å². The molecule has 0 bridgehead atoms. The van der Waals surface area contributed by atoms with Gasteiger partial charge in [-0.2, -0.15) is 0 Å². The van der Waals surface area contributed by atoms with Crippen molar-refractivity contribution in [3.05, 3.63) is 71.8 Å². The van der Waals surface area contributed by atoms with E-state index in [0.29, 0.717) is 33.7 Å². The van der Waals surface area contributed by atoms with Gasteiger partial charge < -0.3 is 10.1 Å². The SMILES string of the molecule is C=CCN1C(=O)C(CC(=O)Nc2ccc(C(=O)OCC)cc2)SC1=Nc1ccc(Cl)cc1. The number of carbonyl (C=O) groups excluding carboxylic acids is 3. The molecule has 1 aliphatic rings. The van der Waals surface area contributed by atoms with Crippen LogP contribution in [0.2, 0.25) is 5.02 Å². The normalized spacial score (nSPS) is 16.8. The van der Waals surface area contributed by atoms with E-state index in [2.05, 4.69) is 16.9 Å². The summed E-state index contributed by atoms with van der Waals surface area (Å²) in [5, 5.41) is 3.26. The highest BCUT2D eigenvalue weighted by Gasteiger charge is 2.38. The number of amides is 2. The molecule has 0 saturated carbocycles. The van der Waals surface area contributed by atoms with Crippen LogP contribution < -0.4 is 5.32 Å². The Bertz CT molecular complexity index is 1040. The van der Waals surface area contributed by atoms with Crippen LogP contribution in [0.3, 0.4) is 0 Å². The van der Waals surface area contributed by atoms with Crippen molar-refractivity contribution in [1.82, 2.24) is 4.90 Å². The lowest BCUT2D eigenvalue weighted by Crippen LogP contribution is -2.33. The highest BCUT2D eigenvalue weighted by molar-refractivity contribution is 8.15. The maximum Gasteiger partial charge on any atom is 0.338 e. The van der Waals surface area contributed by atoms with Crippen molar-refractivity contribution in [3.63, 3.8) is 0 Å². The van der Waals surface area contributed by atoms with Gasteiger partial charge >= 0.3 is 5.97 Å². The fraction of sp³-hybridized carbons (Fsp3) is 0.217. The lowest BCUT2D eigenvalue weighted by molar-refractivity contribution is -0.127. The van der Waals surface area contributed by atoms with Crippen LogP contribution in [0.5, 0.6) is 0 Å². The van der Waals surface area contributed by atoms with Crippen LogP contribution in [0.25, 0.3) is 0 Å². The number of halogens is 1. The van der Waals surface area contributed by atoms with Crippen molar-refractivity contribution < 1.29 is 19.1 Å². The average molecular weight is 472 g/mol. The lowest BCUT2D eigenvalue weighted by Gasteiger charge is -2.13. The zero-order chi connectivity index (χ0) is 23.1. The molecule has 32 heavy (non-hydrogen) atoms. The number of nitrogens with one attached hydrogen (secondary N) is 1. The van der Waals surface area contributed by atoms with Crippen molar-refractivity contribution in [1.29, 1.82) is 0 Å².